The lowest BCUT2D eigenvalue weighted by molar-refractivity contribution is -0.128. The molecule has 0 aliphatic carbocycles. The van der Waals surface area contributed by atoms with E-state index in [0.717, 1.165) is 30.8 Å². The van der Waals surface area contributed by atoms with Gasteiger partial charge in [0.25, 0.3) is 0 Å². The molecule has 6 nitrogen and oxygen atoms in total. The van der Waals surface area contributed by atoms with E-state index in [1.54, 1.807) is 6.07 Å². The molecule has 3 N–H and O–H groups in total. The quantitative estimate of drug-likeness (QED) is 0.705. The average Bonchev–Trinajstić information content (AvgIpc) is 2.96. The van der Waals surface area contributed by atoms with E-state index in [1.165, 1.54) is 11.3 Å². The fraction of sp³-hybridized carbons (Fsp3) is 0.688. The molecule has 0 aromatic carbocycles. The third kappa shape index (κ3) is 5.54. The van der Waals surface area contributed by atoms with Crippen molar-refractivity contribution in [3.05, 3.63) is 17.0 Å². The van der Waals surface area contributed by atoms with Gasteiger partial charge in [-0.1, -0.05) is 20.8 Å². The van der Waals surface area contributed by atoms with Crippen molar-refractivity contribution < 1.29 is 13.2 Å². The molecular weight excluding hydrogens is 346 g/mol. The monoisotopic (exact) mass is 373 g/mol. The van der Waals surface area contributed by atoms with E-state index >= 15 is 0 Å². The van der Waals surface area contributed by atoms with Crippen molar-refractivity contribution in [2.75, 3.05) is 19.6 Å². The zero-order chi connectivity index (χ0) is 17.8. The molecule has 1 saturated heterocycles. The van der Waals surface area contributed by atoms with E-state index in [1.807, 2.05) is 26.8 Å². The molecule has 0 bridgehead atoms. The van der Waals surface area contributed by atoms with E-state index in [2.05, 4.69) is 15.4 Å². The van der Waals surface area contributed by atoms with E-state index in [0.29, 0.717) is 17.2 Å². The molecule has 0 spiro atoms. The zero-order valence-electron chi connectivity index (χ0n) is 14.5. The highest BCUT2D eigenvalue weighted by atomic mass is 32.2. The molecule has 24 heavy (non-hydrogen) atoms. The predicted octanol–water partition coefficient (Wildman–Crippen LogP) is 1.48. The largest absolute Gasteiger partial charge is 0.355 e. The minimum absolute atomic E-state index is 0.000485. The minimum Gasteiger partial charge on any atom is -0.355 e. The Balaban J connectivity index is 1.88. The van der Waals surface area contributed by atoms with Gasteiger partial charge in [0, 0.05) is 22.9 Å². The summed E-state index contributed by atoms with van der Waals surface area (Å²) in [4.78, 5) is 12.8. The Morgan fingerprint density at radius 1 is 1.29 bits per heavy atom. The van der Waals surface area contributed by atoms with Crippen molar-refractivity contribution >= 4 is 27.3 Å². The van der Waals surface area contributed by atoms with Gasteiger partial charge in [-0.15, -0.1) is 11.3 Å². The second-order valence-electron chi connectivity index (χ2n) is 7.12. The summed E-state index contributed by atoms with van der Waals surface area (Å²) in [5, 5.41) is 6.10. The first kappa shape index (κ1) is 19.4. The maximum absolute atomic E-state index is 12.4. The maximum atomic E-state index is 12.4. The SMILES string of the molecule is CC(C)(C)C(=O)NCCc1ccc(S(=O)(=O)NC2CCNCC2)s1. The smallest absolute Gasteiger partial charge is 0.250 e. The molecule has 0 unspecified atom stereocenters. The van der Waals surface area contributed by atoms with Crippen LogP contribution in [0.25, 0.3) is 0 Å². The van der Waals surface area contributed by atoms with Crippen LogP contribution < -0.4 is 15.4 Å². The lowest BCUT2D eigenvalue weighted by Crippen LogP contribution is -2.42. The lowest BCUT2D eigenvalue weighted by Gasteiger charge is -2.23. The summed E-state index contributed by atoms with van der Waals surface area (Å²) in [6.45, 7) is 7.80. The number of hydrogen-bond donors (Lipinski definition) is 3. The third-order valence-corrected chi connectivity index (χ3v) is 7.06. The van der Waals surface area contributed by atoms with Gasteiger partial charge in [0.05, 0.1) is 0 Å². The summed E-state index contributed by atoms with van der Waals surface area (Å²) >= 11 is 1.27. The summed E-state index contributed by atoms with van der Waals surface area (Å²) in [5.74, 6) is -0.000485. The van der Waals surface area contributed by atoms with Crippen molar-refractivity contribution in [2.24, 2.45) is 5.41 Å². The number of sulfonamides is 1. The van der Waals surface area contributed by atoms with Crippen molar-refractivity contribution in [1.29, 1.82) is 0 Å². The molecule has 1 aliphatic heterocycles. The Hall–Kier alpha value is -0.960. The number of hydrogen-bond acceptors (Lipinski definition) is 5. The van der Waals surface area contributed by atoms with Crippen LogP contribution in [-0.2, 0) is 21.2 Å². The molecule has 0 atom stereocenters. The number of carbonyl (C=O) groups is 1. The second-order valence-corrected chi connectivity index (χ2v) is 10.2. The topological polar surface area (TPSA) is 87.3 Å². The summed E-state index contributed by atoms with van der Waals surface area (Å²) in [6, 6.07) is 3.48. The van der Waals surface area contributed by atoms with Crippen LogP contribution in [0.5, 0.6) is 0 Å². The molecule has 136 valence electrons. The van der Waals surface area contributed by atoms with Crippen LogP contribution >= 0.6 is 11.3 Å². The molecule has 1 aliphatic rings. The van der Waals surface area contributed by atoms with Crippen LogP contribution in [0.3, 0.4) is 0 Å². The van der Waals surface area contributed by atoms with Gasteiger partial charge in [0.15, 0.2) is 0 Å². The minimum atomic E-state index is -3.45. The lowest BCUT2D eigenvalue weighted by atomic mass is 9.96. The van der Waals surface area contributed by atoms with E-state index in [-0.39, 0.29) is 11.9 Å². The Morgan fingerprint density at radius 3 is 2.58 bits per heavy atom. The summed E-state index contributed by atoms with van der Waals surface area (Å²) < 4.78 is 28.0. The van der Waals surface area contributed by atoms with Crippen molar-refractivity contribution in [2.45, 2.75) is 50.3 Å². The molecule has 0 radical (unpaired) electrons. The summed E-state index contributed by atoms with van der Waals surface area (Å²) in [7, 11) is -3.45. The van der Waals surface area contributed by atoms with Crippen LogP contribution in [0.1, 0.15) is 38.5 Å². The van der Waals surface area contributed by atoms with Gasteiger partial charge in [-0.2, -0.15) is 0 Å². The third-order valence-electron chi connectivity index (χ3n) is 3.90. The molecule has 0 saturated carbocycles. The van der Waals surface area contributed by atoms with Gasteiger partial charge in [0.2, 0.25) is 15.9 Å². The van der Waals surface area contributed by atoms with Crippen molar-refractivity contribution in [3.8, 4) is 0 Å². The molecule has 2 heterocycles. The zero-order valence-corrected chi connectivity index (χ0v) is 16.1. The Kier molecular flexibility index (Phi) is 6.41. The number of carbonyl (C=O) groups excluding carboxylic acids is 1. The fourth-order valence-corrected chi connectivity index (χ4v) is 5.10. The number of nitrogens with one attached hydrogen (secondary N) is 3. The summed E-state index contributed by atoms with van der Waals surface area (Å²) in [6.07, 6.45) is 2.27. The maximum Gasteiger partial charge on any atom is 0.250 e. The number of rotatable bonds is 6. The van der Waals surface area contributed by atoms with E-state index in [4.69, 9.17) is 0 Å². The van der Waals surface area contributed by atoms with Crippen LogP contribution in [0.4, 0.5) is 0 Å². The van der Waals surface area contributed by atoms with Crippen LogP contribution in [-0.4, -0.2) is 40.0 Å². The predicted molar refractivity (Wildman–Crippen MR) is 96.7 cm³/mol. The van der Waals surface area contributed by atoms with Gasteiger partial charge < -0.3 is 10.6 Å². The van der Waals surface area contributed by atoms with Crippen LogP contribution in [0.2, 0.25) is 0 Å². The van der Waals surface area contributed by atoms with Gasteiger partial charge >= 0.3 is 0 Å². The van der Waals surface area contributed by atoms with E-state index < -0.39 is 15.4 Å². The van der Waals surface area contributed by atoms with E-state index in [9.17, 15) is 13.2 Å². The molecule has 1 aromatic heterocycles. The van der Waals surface area contributed by atoms with Gasteiger partial charge in [-0.3, -0.25) is 4.79 Å². The highest BCUT2D eigenvalue weighted by molar-refractivity contribution is 7.91. The van der Waals surface area contributed by atoms with Crippen molar-refractivity contribution in [1.82, 2.24) is 15.4 Å². The molecule has 8 heteroatoms. The molecule has 1 aromatic rings. The standard InChI is InChI=1S/C16H27N3O3S2/c1-16(2,3)15(20)18-11-8-13-4-5-14(23-13)24(21,22)19-12-6-9-17-10-7-12/h4-5,12,17,19H,6-11H2,1-3H3,(H,18,20). The highest BCUT2D eigenvalue weighted by Crippen LogP contribution is 2.23. The Bertz CT molecular complexity index is 656. The molecule has 1 amide bonds. The van der Waals surface area contributed by atoms with Crippen LogP contribution in [0, 0.1) is 5.41 Å². The number of amides is 1. The first-order valence-electron chi connectivity index (χ1n) is 8.28. The summed E-state index contributed by atoms with van der Waals surface area (Å²) in [5.41, 5.74) is -0.414. The molecule has 1 fully saturated rings. The van der Waals surface area contributed by atoms with Gasteiger partial charge in [0.1, 0.15) is 4.21 Å². The average molecular weight is 374 g/mol. The fourth-order valence-electron chi connectivity index (χ4n) is 2.42. The number of thiophene rings is 1. The first-order valence-corrected chi connectivity index (χ1v) is 10.6. The Labute approximate surface area is 148 Å². The normalized spacial score (nSPS) is 17.0. The first-order chi connectivity index (χ1) is 11.2. The van der Waals surface area contributed by atoms with Crippen molar-refractivity contribution in [3.63, 3.8) is 0 Å². The van der Waals surface area contributed by atoms with Crippen LogP contribution in [0.15, 0.2) is 16.3 Å². The van der Waals surface area contributed by atoms with Gasteiger partial charge in [-0.25, -0.2) is 13.1 Å². The molecular formula is C16H27N3O3S2. The second kappa shape index (κ2) is 7.95. The Morgan fingerprint density at radius 2 is 1.96 bits per heavy atom. The number of piperidine rings is 1. The highest BCUT2D eigenvalue weighted by Gasteiger charge is 2.23. The molecule has 2 rings (SSSR count). The van der Waals surface area contributed by atoms with Gasteiger partial charge in [-0.05, 0) is 44.5 Å².